The molecule has 0 unspecified atom stereocenters. The lowest BCUT2D eigenvalue weighted by molar-refractivity contribution is 0.669. The minimum atomic E-state index is 0.562. The molecule has 5 nitrogen and oxygen atoms in total. The molecular formula is C44H24N4O. The standard InChI is InChI=1S/C44H24N4O/c45-25-29-19-17-27(23-39(29)47-36-13-5-1-9-31(36)32-10-2-6-14-37(32)47)28-18-20-30(26-46)40(24-28)48-38-15-7-3-11-33(38)34-21-22-42-43(44(34)48)35-12-4-8-16-41(35)49-42/h1-24H. The van der Waals surface area contributed by atoms with Gasteiger partial charge in [0.15, 0.2) is 0 Å². The van der Waals surface area contributed by atoms with Crippen molar-refractivity contribution < 1.29 is 4.42 Å². The minimum absolute atomic E-state index is 0.562. The molecule has 5 heteroatoms. The molecule has 7 aromatic carbocycles. The maximum absolute atomic E-state index is 10.5. The van der Waals surface area contributed by atoms with Gasteiger partial charge < -0.3 is 13.6 Å². The predicted molar refractivity (Wildman–Crippen MR) is 197 cm³/mol. The second kappa shape index (κ2) is 10.2. The van der Waals surface area contributed by atoms with Crippen molar-refractivity contribution >= 4 is 65.6 Å². The van der Waals surface area contributed by atoms with Gasteiger partial charge in [-0.1, -0.05) is 84.9 Å². The number of para-hydroxylation sites is 4. The van der Waals surface area contributed by atoms with Crippen LogP contribution >= 0.6 is 0 Å². The third-order valence-electron chi connectivity index (χ3n) is 9.81. The first-order valence-electron chi connectivity index (χ1n) is 16.1. The van der Waals surface area contributed by atoms with Crippen LogP contribution in [-0.2, 0) is 0 Å². The van der Waals surface area contributed by atoms with E-state index in [1.165, 1.54) is 0 Å². The molecule has 0 saturated heterocycles. The quantitative estimate of drug-likeness (QED) is 0.196. The highest BCUT2D eigenvalue weighted by atomic mass is 16.3. The van der Waals surface area contributed by atoms with E-state index >= 15 is 0 Å². The Bertz CT molecular complexity index is 3030. The molecule has 0 aliphatic carbocycles. The topological polar surface area (TPSA) is 70.6 Å². The Morgan fingerprint density at radius 3 is 1.51 bits per heavy atom. The van der Waals surface area contributed by atoms with Crippen LogP contribution in [-0.4, -0.2) is 9.13 Å². The lowest BCUT2D eigenvalue weighted by atomic mass is 9.99. The highest BCUT2D eigenvalue weighted by Gasteiger charge is 2.21. The van der Waals surface area contributed by atoms with Gasteiger partial charge >= 0.3 is 0 Å². The summed E-state index contributed by atoms with van der Waals surface area (Å²) in [6.07, 6.45) is 0. The normalized spacial score (nSPS) is 11.6. The van der Waals surface area contributed by atoms with Crippen molar-refractivity contribution in [2.24, 2.45) is 0 Å². The summed E-state index contributed by atoms with van der Waals surface area (Å²) in [6, 6.07) is 54.1. The molecule has 0 saturated carbocycles. The van der Waals surface area contributed by atoms with E-state index in [0.717, 1.165) is 88.1 Å². The summed E-state index contributed by atoms with van der Waals surface area (Å²) in [5, 5.41) is 27.3. The van der Waals surface area contributed by atoms with E-state index in [4.69, 9.17) is 4.42 Å². The van der Waals surface area contributed by atoms with Gasteiger partial charge in [-0.05, 0) is 71.8 Å². The summed E-state index contributed by atoms with van der Waals surface area (Å²) < 4.78 is 10.7. The highest BCUT2D eigenvalue weighted by molar-refractivity contribution is 6.24. The fourth-order valence-electron chi connectivity index (χ4n) is 7.68. The van der Waals surface area contributed by atoms with Crippen LogP contribution in [0, 0.1) is 22.7 Å². The number of aromatic nitrogens is 2. The average molecular weight is 625 g/mol. The molecule has 0 aliphatic heterocycles. The largest absolute Gasteiger partial charge is 0.456 e. The van der Waals surface area contributed by atoms with Crippen LogP contribution < -0.4 is 0 Å². The predicted octanol–water partition coefficient (Wildman–Crippen LogP) is 11.2. The molecule has 226 valence electrons. The molecule has 0 radical (unpaired) electrons. The third-order valence-corrected chi connectivity index (χ3v) is 9.81. The van der Waals surface area contributed by atoms with Crippen molar-refractivity contribution in [3.05, 3.63) is 157 Å². The number of benzene rings is 7. The number of fused-ring (bicyclic) bond motifs is 10. The maximum Gasteiger partial charge on any atom is 0.137 e. The summed E-state index contributed by atoms with van der Waals surface area (Å²) >= 11 is 0. The molecule has 10 rings (SSSR count). The van der Waals surface area contributed by atoms with Gasteiger partial charge in [-0.25, -0.2) is 0 Å². The third kappa shape index (κ3) is 3.79. The second-order valence-electron chi connectivity index (χ2n) is 12.3. The number of nitriles is 2. The molecule has 0 aliphatic rings. The number of nitrogens with zero attached hydrogens (tertiary/aromatic N) is 4. The highest BCUT2D eigenvalue weighted by Crippen LogP contribution is 2.42. The van der Waals surface area contributed by atoms with E-state index < -0.39 is 0 Å². The lowest BCUT2D eigenvalue weighted by Gasteiger charge is -2.15. The molecule has 3 heterocycles. The molecule has 0 spiro atoms. The van der Waals surface area contributed by atoms with Crippen LogP contribution in [0.15, 0.2) is 150 Å². The van der Waals surface area contributed by atoms with E-state index in [9.17, 15) is 10.5 Å². The smallest absolute Gasteiger partial charge is 0.137 e. The molecular weight excluding hydrogens is 601 g/mol. The summed E-state index contributed by atoms with van der Waals surface area (Å²) in [4.78, 5) is 0. The van der Waals surface area contributed by atoms with Crippen LogP contribution in [0.1, 0.15) is 11.1 Å². The molecule has 0 bridgehead atoms. The Balaban J connectivity index is 1.26. The minimum Gasteiger partial charge on any atom is -0.456 e. The molecule has 10 aromatic rings. The molecule has 3 aromatic heterocycles. The van der Waals surface area contributed by atoms with Crippen LogP contribution in [0.4, 0.5) is 0 Å². The van der Waals surface area contributed by atoms with Gasteiger partial charge in [-0.3, -0.25) is 0 Å². The lowest BCUT2D eigenvalue weighted by Crippen LogP contribution is -2.00. The summed E-state index contributed by atoms with van der Waals surface area (Å²) in [5.41, 5.74) is 10.3. The van der Waals surface area contributed by atoms with Crippen molar-refractivity contribution in [3.8, 4) is 34.6 Å². The summed E-state index contributed by atoms with van der Waals surface area (Å²) in [7, 11) is 0. The van der Waals surface area contributed by atoms with Crippen LogP contribution in [0.25, 0.3) is 88.1 Å². The zero-order chi connectivity index (χ0) is 32.6. The van der Waals surface area contributed by atoms with Crippen LogP contribution in [0.5, 0.6) is 0 Å². The monoisotopic (exact) mass is 624 g/mol. The van der Waals surface area contributed by atoms with Crippen LogP contribution in [0.3, 0.4) is 0 Å². The number of hydrogen-bond donors (Lipinski definition) is 0. The van der Waals surface area contributed by atoms with Crippen molar-refractivity contribution in [1.82, 2.24) is 9.13 Å². The van der Waals surface area contributed by atoms with E-state index in [1.54, 1.807) is 0 Å². The van der Waals surface area contributed by atoms with Crippen LogP contribution in [0.2, 0.25) is 0 Å². The Morgan fingerprint density at radius 1 is 0.429 bits per heavy atom. The number of rotatable bonds is 3. The van der Waals surface area contributed by atoms with Crippen molar-refractivity contribution in [3.63, 3.8) is 0 Å². The van der Waals surface area contributed by atoms with Crippen molar-refractivity contribution in [1.29, 1.82) is 10.5 Å². The second-order valence-corrected chi connectivity index (χ2v) is 12.3. The Labute approximate surface area is 280 Å². The van der Waals surface area contributed by atoms with E-state index in [-0.39, 0.29) is 0 Å². The zero-order valence-corrected chi connectivity index (χ0v) is 26.1. The van der Waals surface area contributed by atoms with Crippen molar-refractivity contribution in [2.75, 3.05) is 0 Å². The van der Waals surface area contributed by atoms with Crippen molar-refractivity contribution in [2.45, 2.75) is 0 Å². The maximum atomic E-state index is 10.5. The average Bonchev–Trinajstić information content (AvgIpc) is 3.82. The van der Waals surface area contributed by atoms with Gasteiger partial charge in [0, 0.05) is 26.9 Å². The van der Waals surface area contributed by atoms with Gasteiger partial charge in [0.25, 0.3) is 0 Å². The fraction of sp³-hybridized carbons (Fsp3) is 0. The number of hydrogen-bond acceptors (Lipinski definition) is 3. The molecule has 0 atom stereocenters. The van der Waals surface area contributed by atoms with E-state index in [0.29, 0.717) is 11.1 Å². The van der Waals surface area contributed by atoms with E-state index in [2.05, 4.69) is 88.0 Å². The first-order chi connectivity index (χ1) is 24.2. The SMILES string of the molecule is N#Cc1ccc(-c2ccc(C#N)c(-n3c4ccccc4c4ccc5oc6ccccc6c5c43)c2)cc1-n1c2ccccc2c2ccccc21. The Hall–Kier alpha value is -7.08. The van der Waals surface area contributed by atoms with Gasteiger partial charge in [0.2, 0.25) is 0 Å². The zero-order valence-electron chi connectivity index (χ0n) is 26.1. The number of furan rings is 1. The summed E-state index contributed by atoms with van der Waals surface area (Å²) in [6.45, 7) is 0. The first kappa shape index (κ1) is 27.1. The first-order valence-corrected chi connectivity index (χ1v) is 16.1. The molecule has 0 amide bonds. The Morgan fingerprint density at radius 2 is 0.918 bits per heavy atom. The Kier molecular flexibility index (Phi) is 5.64. The van der Waals surface area contributed by atoms with Gasteiger partial charge in [0.1, 0.15) is 23.3 Å². The van der Waals surface area contributed by atoms with Gasteiger partial charge in [-0.2, -0.15) is 10.5 Å². The molecule has 0 fully saturated rings. The van der Waals surface area contributed by atoms with Gasteiger partial charge in [-0.15, -0.1) is 0 Å². The molecule has 49 heavy (non-hydrogen) atoms. The summed E-state index contributed by atoms with van der Waals surface area (Å²) in [5.74, 6) is 0. The van der Waals surface area contributed by atoms with E-state index in [1.807, 2.05) is 78.9 Å². The fourth-order valence-corrected chi connectivity index (χ4v) is 7.68. The van der Waals surface area contributed by atoms with Gasteiger partial charge in [0.05, 0.1) is 50.0 Å². The molecule has 0 N–H and O–H groups in total.